The fourth-order valence-corrected chi connectivity index (χ4v) is 2.04. The van der Waals surface area contributed by atoms with Gasteiger partial charge in [0.05, 0.1) is 0 Å². The molecule has 0 amide bonds. The third-order valence-electron chi connectivity index (χ3n) is 2.58. The van der Waals surface area contributed by atoms with Crippen molar-refractivity contribution < 1.29 is 4.74 Å². The lowest BCUT2D eigenvalue weighted by molar-refractivity contribution is 0.438. The van der Waals surface area contributed by atoms with Gasteiger partial charge in [-0.25, -0.2) is 9.97 Å². The van der Waals surface area contributed by atoms with Gasteiger partial charge in [-0.05, 0) is 57.0 Å². The van der Waals surface area contributed by atoms with Gasteiger partial charge in [0.1, 0.15) is 5.75 Å². The second-order valence-corrected chi connectivity index (χ2v) is 5.20. The summed E-state index contributed by atoms with van der Waals surface area (Å²) in [5.41, 5.74) is 4.08. The number of nitrogens with zero attached hydrogens (tertiary/aromatic N) is 2. The van der Waals surface area contributed by atoms with Crippen molar-refractivity contribution >= 4 is 15.9 Å². The largest absolute Gasteiger partial charge is 0.424 e. The first-order valence-corrected chi connectivity index (χ1v) is 6.52. The van der Waals surface area contributed by atoms with Crippen LogP contribution < -0.4 is 4.74 Å². The van der Waals surface area contributed by atoms with E-state index in [2.05, 4.69) is 25.9 Å². The van der Waals surface area contributed by atoms with Crippen LogP contribution in [0.4, 0.5) is 0 Å². The second-order valence-electron chi connectivity index (χ2n) is 4.41. The van der Waals surface area contributed by atoms with Gasteiger partial charge in [0, 0.05) is 15.9 Å². The van der Waals surface area contributed by atoms with E-state index in [1.807, 2.05) is 45.9 Å². The predicted octanol–water partition coefficient (Wildman–Crippen LogP) is 4.27. The molecule has 2 aromatic rings. The van der Waals surface area contributed by atoms with E-state index in [0.717, 1.165) is 32.7 Å². The zero-order chi connectivity index (χ0) is 13.3. The van der Waals surface area contributed by atoms with Crippen molar-refractivity contribution in [2.24, 2.45) is 0 Å². The second kappa shape index (κ2) is 5.06. The molecule has 1 aromatic carbocycles. The van der Waals surface area contributed by atoms with E-state index in [0.29, 0.717) is 6.01 Å². The van der Waals surface area contributed by atoms with Crippen LogP contribution in [0.5, 0.6) is 11.8 Å². The molecule has 1 heterocycles. The Morgan fingerprint density at radius 3 is 1.89 bits per heavy atom. The summed E-state index contributed by atoms with van der Waals surface area (Å²) in [4.78, 5) is 8.53. The van der Waals surface area contributed by atoms with Crippen LogP contribution in [-0.4, -0.2) is 9.97 Å². The first-order valence-electron chi connectivity index (χ1n) is 5.72. The van der Waals surface area contributed by atoms with Gasteiger partial charge in [0.25, 0.3) is 0 Å². The maximum Gasteiger partial charge on any atom is 0.322 e. The van der Waals surface area contributed by atoms with Gasteiger partial charge >= 0.3 is 6.01 Å². The quantitative estimate of drug-likeness (QED) is 0.831. The highest BCUT2D eigenvalue weighted by Gasteiger charge is 2.06. The molecule has 18 heavy (non-hydrogen) atoms. The lowest BCUT2D eigenvalue weighted by Gasteiger charge is -2.09. The summed E-state index contributed by atoms with van der Waals surface area (Å²) in [6.07, 6.45) is 0. The van der Waals surface area contributed by atoms with E-state index < -0.39 is 0 Å². The van der Waals surface area contributed by atoms with Gasteiger partial charge in [0.15, 0.2) is 0 Å². The summed E-state index contributed by atoms with van der Waals surface area (Å²) in [7, 11) is 0. The van der Waals surface area contributed by atoms with Crippen molar-refractivity contribution in [1.82, 2.24) is 9.97 Å². The molecule has 1 aromatic heterocycles. The Kier molecular flexibility index (Phi) is 3.66. The normalized spacial score (nSPS) is 10.5. The predicted molar refractivity (Wildman–Crippen MR) is 75.2 cm³/mol. The summed E-state index contributed by atoms with van der Waals surface area (Å²) in [6, 6.07) is 6.26. The summed E-state index contributed by atoms with van der Waals surface area (Å²) in [5, 5.41) is 0. The molecule has 0 aliphatic heterocycles. The zero-order valence-electron chi connectivity index (χ0n) is 10.9. The van der Waals surface area contributed by atoms with E-state index in [4.69, 9.17) is 4.74 Å². The van der Waals surface area contributed by atoms with Crippen molar-refractivity contribution in [3.63, 3.8) is 0 Å². The first-order chi connectivity index (χ1) is 8.45. The van der Waals surface area contributed by atoms with Crippen LogP contribution in [0.1, 0.15) is 22.5 Å². The molecule has 0 spiro atoms. The Bertz CT molecular complexity index is 553. The van der Waals surface area contributed by atoms with E-state index in [9.17, 15) is 0 Å². The first kappa shape index (κ1) is 13.0. The highest BCUT2D eigenvalue weighted by molar-refractivity contribution is 9.10. The summed E-state index contributed by atoms with van der Waals surface area (Å²) < 4.78 is 6.82. The molecule has 0 saturated heterocycles. The number of halogens is 1. The lowest BCUT2D eigenvalue weighted by Crippen LogP contribution is -1.96. The SMILES string of the molecule is Cc1cc(C)nc(Oc2cc(C)c(Br)c(C)c2)n1. The number of benzene rings is 1. The molecule has 94 valence electrons. The monoisotopic (exact) mass is 306 g/mol. The zero-order valence-corrected chi connectivity index (χ0v) is 12.5. The number of ether oxygens (including phenoxy) is 1. The molecule has 0 aliphatic rings. The Balaban J connectivity index is 2.34. The van der Waals surface area contributed by atoms with Gasteiger partial charge in [-0.3, -0.25) is 0 Å². The average molecular weight is 307 g/mol. The highest BCUT2D eigenvalue weighted by Crippen LogP contribution is 2.28. The van der Waals surface area contributed by atoms with Crippen LogP contribution in [-0.2, 0) is 0 Å². The van der Waals surface area contributed by atoms with Crippen LogP contribution >= 0.6 is 15.9 Å². The minimum absolute atomic E-state index is 0.397. The van der Waals surface area contributed by atoms with Crippen molar-refractivity contribution in [2.75, 3.05) is 0 Å². The molecule has 0 N–H and O–H groups in total. The fraction of sp³-hybridized carbons (Fsp3) is 0.286. The third kappa shape index (κ3) is 2.88. The standard InChI is InChI=1S/C14H15BrN2O/c1-8-5-12(6-9(2)13(8)15)18-14-16-10(3)7-11(4)17-14/h5-7H,1-4H3. The Morgan fingerprint density at radius 1 is 0.889 bits per heavy atom. The smallest absolute Gasteiger partial charge is 0.322 e. The molecule has 0 aliphatic carbocycles. The van der Waals surface area contributed by atoms with E-state index in [1.54, 1.807) is 0 Å². The number of hydrogen-bond acceptors (Lipinski definition) is 3. The van der Waals surface area contributed by atoms with Crippen molar-refractivity contribution in [1.29, 1.82) is 0 Å². The minimum Gasteiger partial charge on any atom is -0.424 e. The molecular weight excluding hydrogens is 292 g/mol. The summed E-state index contributed by atoms with van der Waals surface area (Å²) >= 11 is 3.54. The molecular formula is C14H15BrN2O. The Morgan fingerprint density at radius 2 is 1.39 bits per heavy atom. The average Bonchev–Trinajstić information content (AvgIpc) is 2.24. The molecule has 0 atom stereocenters. The lowest BCUT2D eigenvalue weighted by atomic mass is 10.1. The third-order valence-corrected chi connectivity index (χ3v) is 3.83. The maximum atomic E-state index is 5.71. The number of aromatic nitrogens is 2. The van der Waals surface area contributed by atoms with Crippen molar-refractivity contribution in [3.8, 4) is 11.8 Å². The topological polar surface area (TPSA) is 35.0 Å². The number of hydrogen-bond donors (Lipinski definition) is 0. The number of rotatable bonds is 2. The van der Waals surface area contributed by atoms with Gasteiger partial charge in [-0.1, -0.05) is 15.9 Å². The molecule has 0 fully saturated rings. The van der Waals surface area contributed by atoms with Crippen LogP contribution in [0.3, 0.4) is 0 Å². The van der Waals surface area contributed by atoms with E-state index in [1.165, 1.54) is 0 Å². The summed E-state index contributed by atoms with van der Waals surface area (Å²) in [5.74, 6) is 0.762. The van der Waals surface area contributed by atoms with E-state index >= 15 is 0 Å². The van der Waals surface area contributed by atoms with Gasteiger partial charge < -0.3 is 4.74 Å². The van der Waals surface area contributed by atoms with E-state index in [-0.39, 0.29) is 0 Å². The van der Waals surface area contributed by atoms with Crippen LogP contribution in [0.2, 0.25) is 0 Å². The van der Waals surface area contributed by atoms with Gasteiger partial charge in [0.2, 0.25) is 0 Å². The number of aryl methyl sites for hydroxylation is 4. The fourth-order valence-electron chi connectivity index (χ4n) is 1.81. The molecule has 0 saturated carbocycles. The maximum absolute atomic E-state index is 5.71. The van der Waals surface area contributed by atoms with Crippen LogP contribution in [0, 0.1) is 27.7 Å². The Hall–Kier alpha value is -1.42. The van der Waals surface area contributed by atoms with Crippen molar-refractivity contribution in [2.45, 2.75) is 27.7 Å². The molecule has 2 rings (SSSR count). The van der Waals surface area contributed by atoms with Gasteiger partial charge in [-0.2, -0.15) is 0 Å². The minimum atomic E-state index is 0.397. The summed E-state index contributed by atoms with van der Waals surface area (Å²) in [6.45, 7) is 7.93. The van der Waals surface area contributed by atoms with Gasteiger partial charge in [-0.15, -0.1) is 0 Å². The van der Waals surface area contributed by atoms with Crippen LogP contribution in [0.25, 0.3) is 0 Å². The molecule has 3 nitrogen and oxygen atoms in total. The molecule has 4 heteroatoms. The van der Waals surface area contributed by atoms with Crippen molar-refractivity contribution in [3.05, 3.63) is 45.2 Å². The molecule has 0 bridgehead atoms. The Labute approximate surface area is 115 Å². The van der Waals surface area contributed by atoms with Crippen LogP contribution in [0.15, 0.2) is 22.7 Å². The molecule has 0 radical (unpaired) electrons. The molecule has 0 unspecified atom stereocenters. The highest BCUT2D eigenvalue weighted by atomic mass is 79.9.